The van der Waals surface area contributed by atoms with Crippen molar-refractivity contribution in [3.63, 3.8) is 0 Å². The lowest BCUT2D eigenvalue weighted by atomic mass is 9.48. The molecule has 3 unspecified atom stereocenters. The Labute approximate surface area is 242 Å². The van der Waals surface area contributed by atoms with E-state index in [9.17, 15) is 5.53 Å². The lowest BCUT2D eigenvalue weighted by Crippen LogP contribution is -2.68. The number of hydrogen-bond donors (Lipinski definition) is 0. The smallest absolute Gasteiger partial charge is 0.261 e. The van der Waals surface area contributed by atoms with Crippen molar-refractivity contribution in [1.29, 1.82) is 0 Å². The summed E-state index contributed by atoms with van der Waals surface area (Å²) in [7, 11) is -2.56. The van der Waals surface area contributed by atoms with Crippen molar-refractivity contribution >= 4 is 18.7 Å². The Morgan fingerprint density at radius 1 is 0.875 bits per heavy atom. The highest BCUT2D eigenvalue weighted by molar-refractivity contribution is 6.99. The standard InChI is InChI=1S/C35H47N3OSi/c1-33(2,3)40(27-12-8-6-9-13-27,28-14-10-7-11-15-28)39-26-20-22-34(4)25(24-26)16-17-29-30-18-19-32(37-38-36)35(30,5)23-21-31(29)34/h6-16,26,29-32H,17-24H2,1-5H3/t26-,29?,30?,31?,32-,34-,35-/m0/s1. The van der Waals surface area contributed by atoms with Gasteiger partial charge in [0, 0.05) is 17.1 Å². The minimum Gasteiger partial charge on any atom is -0.404 e. The van der Waals surface area contributed by atoms with Crippen LogP contribution in [0.3, 0.4) is 0 Å². The van der Waals surface area contributed by atoms with Gasteiger partial charge in [-0.25, -0.2) is 0 Å². The largest absolute Gasteiger partial charge is 0.404 e. The van der Waals surface area contributed by atoms with Gasteiger partial charge >= 0.3 is 0 Å². The first-order chi connectivity index (χ1) is 19.1. The molecule has 2 aromatic rings. The van der Waals surface area contributed by atoms with Gasteiger partial charge in [0.25, 0.3) is 8.32 Å². The van der Waals surface area contributed by atoms with Crippen LogP contribution in [0.5, 0.6) is 0 Å². The van der Waals surface area contributed by atoms with E-state index >= 15 is 0 Å². The van der Waals surface area contributed by atoms with E-state index in [4.69, 9.17) is 4.43 Å². The first kappa shape index (κ1) is 27.8. The molecule has 0 bridgehead atoms. The first-order valence-electron chi connectivity index (χ1n) is 15.7. The van der Waals surface area contributed by atoms with Gasteiger partial charge in [-0.2, -0.15) is 0 Å². The van der Waals surface area contributed by atoms with Crippen LogP contribution in [0.4, 0.5) is 0 Å². The van der Waals surface area contributed by atoms with E-state index in [0.29, 0.717) is 5.92 Å². The Balaban J connectivity index is 1.31. The SMILES string of the molecule is CC(C)(C)[Si](O[C@H]1CC[C@@]2(C)C(=CCC3C2CC[C@@]2(C)C3CC[C@@H]2N=[N+]=[N-])C1)(c1ccccc1)c1ccccc1. The molecule has 0 amide bonds. The van der Waals surface area contributed by atoms with Crippen molar-refractivity contribution in [3.05, 3.63) is 82.8 Å². The molecule has 4 nitrogen and oxygen atoms in total. The number of fused-ring (bicyclic) bond motifs is 5. The molecule has 0 radical (unpaired) electrons. The maximum Gasteiger partial charge on any atom is 0.261 e. The fourth-order valence-corrected chi connectivity index (χ4v) is 14.6. The maximum absolute atomic E-state index is 9.20. The molecule has 0 N–H and O–H groups in total. The number of hydrogen-bond acceptors (Lipinski definition) is 2. The van der Waals surface area contributed by atoms with Crippen LogP contribution in [0, 0.1) is 28.6 Å². The van der Waals surface area contributed by atoms with Gasteiger partial charge in [0.05, 0.1) is 0 Å². The second-order valence-electron chi connectivity index (χ2n) is 14.7. The molecule has 212 valence electrons. The third-order valence-corrected chi connectivity index (χ3v) is 17.1. The van der Waals surface area contributed by atoms with Gasteiger partial charge in [0.15, 0.2) is 0 Å². The molecular weight excluding hydrogens is 506 g/mol. The molecule has 0 aliphatic heterocycles. The van der Waals surface area contributed by atoms with Crippen LogP contribution in [-0.2, 0) is 4.43 Å². The fraction of sp³-hybridized carbons (Fsp3) is 0.600. The molecule has 7 atom stereocenters. The van der Waals surface area contributed by atoms with E-state index in [2.05, 4.69) is 111 Å². The summed E-state index contributed by atoms with van der Waals surface area (Å²) < 4.78 is 7.62. The predicted molar refractivity (Wildman–Crippen MR) is 167 cm³/mol. The van der Waals surface area contributed by atoms with Gasteiger partial charge in [-0.1, -0.05) is 112 Å². The Hall–Kier alpha value is -2.33. The molecule has 0 heterocycles. The second-order valence-corrected chi connectivity index (χ2v) is 19.0. The normalized spacial score (nSPS) is 35.5. The van der Waals surface area contributed by atoms with Gasteiger partial charge < -0.3 is 4.43 Å². The predicted octanol–water partition coefficient (Wildman–Crippen LogP) is 8.57. The summed E-state index contributed by atoms with van der Waals surface area (Å²) in [5, 5.41) is 7.04. The molecular formula is C35H47N3OSi. The second kappa shape index (κ2) is 10.2. The minimum atomic E-state index is -2.56. The summed E-state index contributed by atoms with van der Waals surface area (Å²) in [4.78, 5) is 3.24. The van der Waals surface area contributed by atoms with Gasteiger partial charge in [-0.3, -0.25) is 0 Å². The van der Waals surface area contributed by atoms with Crippen molar-refractivity contribution < 1.29 is 4.43 Å². The average Bonchev–Trinajstić information content (AvgIpc) is 3.28. The Bertz CT molecular complexity index is 1260. The molecule has 40 heavy (non-hydrogen) atoms. The first-order valence-corrected chi connectivity index (χ1v) is 17.6. The van der Waals surface area contributed by atoms with E-state index in [1.165, 1.54) is 42.5 Å². The molecule has 5 heteroatoms. The van der Waals surface area contributed by atoms with Crippen LogP contribution in [-0.4, -0.2) is 20.5 Å². The molecule has 4 aliphatic rings. The monoisotopic (exact) mass is 553 g/mol. The summed E-state index contributed by atoms with van der Waals surface area (Å²) in [6.45, 7) is 12.2. The molecule has 0 aromatic heterocycles. The van der Waals surface area contributed by atoms with Crippen molar-refractivity contribution in [1.82, 2.24) is 0 Å². The summed E-state index contributed by atoms with van der Waals surface area (Å²) in [6, 6.07) is 22.4. The van der Waals surface area contributed by atoms with Crippen molar-refractivity contribution in [3.8, 4) is 0 Å². The lowest BCUT2D eigenvalue weighted by molar-refractivity contribution is -0.0387. The van der Waals surface area contributed by atoms with Gasteiger partial charge in [0.2, 0.25) is 0 Å². The number of allylic oxidation sites excluding steroid dienone is 1. The zero-order chi connectivity index (χ0) is 28.2. The van der Waals surface area contributed by atoms with Gasteiger partial charge in [-0.15, -0.1) is 0 Å². The number of benzene rings is 2. The van der Waals surface area contributed by atoms with E-state index < -0.39 is 8.32 Å². The van der Waals surface area contributed by atoms with E-state index in [1.54, 1.807) is 5.57 Å². The van der Waals surface area contributed by atoms with Crippen molar-refractivity contribution in [2.45, 2.75) is 103 Å². The zero-order valence-corrected chi connectivity index (χ0v) is 26.1. The van der Waals surface area contributed by atoms with Crippen LogP contribution in [0.1, 0.15) is 86.0 Å². The van der Waals surface area contributed by atoms with E-state index in [1.807, 2.05) is 0 Å². The molecule has 6 rings (SSSR count). The quantitative estimate of drug-likeness (QED) is 0.120. The van der Waals surface area contributed by atoms with E-state index in [0.717, 1.165) is 31.1 Å². The summed E-state index contributed by atoms with van der Waals surface area (Å²) in [6.07, 6.45) is 12.2. The van der Waals surface area contributed by atoms with Crippen LogP contribution in [0.15, 0.2) is 77.4 Å². The Kier molecular flexibility index (Phi) is 7.08. The molecule has 0 spiro atoms. The summed E-state index contributed by atoms with van der Waals surface area (Å²) in [5.74, 6) is 2.15. The summed E-state index contributed by atoms with van der Waals surface area (Å²) in [5.41, 5.74) is 11.3. The van der Waals surface area contributed by atoms with Crippen LogP contribution >= 0.6 is 0 Å². The molecule has 2 aromatic carbocycles. The van der Waals surface area contributed by atoms with Gasteiger partial charge in [-0.05, 0) is 101 Å². The van der Waals surface area contributed by atoms with Crippen LogP contribution < -0.4 is 10.4 Å². The van der Waals surface area contributed by atoms with Gasteiger partial charge in [0.1, 0.15) is 0 Å². The highest BCUT2D eigenvalue weighted by atomic mass is 28.4. The summed E-state index contributed by atoms with van der Waals surface area (Å²) >= 11 is 0. The zero-order valence-electron chi connectivity index (χ0n) is 25.1. The third-order valence-electron chi connectivity index (χ3n) is 12.0. The third kappa shape index (κ3) is 4.23. The highest BCUT2D eigenvalue weighted by Crippen LogP contribution is 2.65. The molecule has 3 fully saturated rings. The minimum absolute atomic E-state index is 0.00124. The molecule has 0 saturated heterocycles. The molecule has 3 saturated carbocycles. The van der Waals surface area contributed by atoms with Crippen molar-refractivity contribution in [2.75, 3.05) is 0 Å². The number of nitrogens with zero attached hydrogens (tertiary/aromatic N) is 3. The fourth-order valence-electron chi connectivity index (χ4n) is 9.89. The Morgan fingerprint density at radius 2 is 1.52 bits per heavy atom. The topological polar surface area (TPSA) is 58.0 Å². The van der Waals surface area contributed by atoms with Crippen LogP contribution in [0.25, 0.3) is 10.4 Å². The van der Waals surface area contributed by atoms with Crippen LogP contribution in [0.2, 0.25) is 5.04 Å². The lowest BCUT2D eigenvalue weighted by Gasteiger charge is -2.58. The van der Waals surface area contributed by atoms with Crippen molar-refractivity contribution in [2.24, 2.45) is 33.7 Å². The number of azide groups is 1. The Morgan fingerprint density at radius 3 is 2.12 bits per heavy atom. The maximum atomic E-state index is 9.20. The number of rotatable bonds is 5. The molecule has 4 aliphatic carbocycles. The average molecular weight is 554 g/mol. The van der Waals surface area contributed by atoms with E-state index in [-0.39, 0.29) is 28.0 Å². The highest BCUT2D eigenvalue weighted by Gasteiger charge is 2.59.